The predicted octanol–water partition coefficient (Wildman–Crippen LogP) is 4.06. The molecule has 1 aromatic carbocycles. The molecular weight excluding hydrogens is 282 g/mol. The van der Waals surface area contributed by atoms with Gasteiger partial charge in [-0.25, -0.2) is 0 Å². The average Bonchev–Trinajstić information content (AvgIpc) is 2.33. The van der Waals surface area contributed by atoms with Crippen LogP contribution in [-0.2, 0) is 0 Å². The van der Waals surface area contributed by atoms with Crippen LogP contribution in [0.15, 0.2) is 33.6 Å². The molecule has 0 heterocycles. The van der Waals surface area contributed by atoms with Gasteiger partial charge in [0.05, 0.1) is 0 Å². The Morgan fingerprint density at radius 2 is 1.88 bits per heavy atom. The lowest BCUT2D eigenvalue weighted by molar-refractivity contribution is 0.378. The van der Waals surface area contributed by atoms with E-state index in [1.54, 1.807) is 0 Å². The van der Waals surface area contributed by atoms with Crippen LogP contribution in [0.4, 0.5) is 0 Å². The van der Waals surface area contributed by atoms with Gasteiger partial charge in [-0.2, -0.15) is 0 Å². The lowest BCUT2D eigenvalue weighted by Crippen LogP contribution is -2.28. The van der Waals surface area contributed by atoms with Crippen LogP contribution in [0.25, 0.3) is 0 Å². The molecule has 3 heteroatoms. The van der Waals surface area contributed by atoms with Crippen molar-refractivity contribution in [2.24, 2.45) is 11.7 Å². The van der Waals surface area contributed by atoms with Crippen LogP contribution in [0.1, 0.15) is 25.7 Å². The highest BCUT2D eigenvalue weighted by Gasteiger charge is 2.24. The molecule has 0 bridgehead atoms. The van der Waals surface area contributed by atoms with E-state index in [1.807, 2.05) is 11.8 Å². The minimum absolute atomic E-state index is 0.711. The van der Waals surface area contributed by atoms with Gasteiger partial charge in [0.1, 0.15) is 0 Å². The van der Waals surface area contributed by atoms with E-state index in [4.69, 9.17) is 5.73 Å². The summed E-state index contributed by atoms with van der Waals surface area (Å²) in [6.45, 7) is 0.841. The molecule has 0 aromatic heterocycles. The minimum atomic E-state index is 0.711. The Morgan fingerprint density at radius 1 is 1.19 bits per heavy atom. The molecule has 16 heavy (non-hydrogen) atoms. The Hall–Kier alpha value is 0.01000. The molecule has 1 saturated carbocycles. The van der Waals surface area contributed by atoms with E-state index in [1.165, 1.54) is 30.6 Å². The number of rotatable bonds is 3. The monoisotopic (exact) mass is 299 g/mol. The van der Waals surface area contributed by atoms with E-state index in [0.29, 0.717) is 5.92 Å². The van der Waals surface area contributed by atoms with Gasteiger partial charge in [0.15, 0.2) is 0 Å². The zero-order valence-corrected chi connectivity index (χ0v) is 11.8. The molecule has 0 amide bonds. The summed E-state index contributed by atoms with van der Waals surface area (Å²) < 4.78 is 1.15. The molecule has 1 aliphatic rings. The first-order valence-electron chi connectivity index (χ1n) is 5.92. The highest BCUT2D eigenvalue weighted by molar-refractivity contribution is 9.10. The maximum Gasteiger partial charge on any atom is 0.0176 e. The maximum absolute atomic E-state index is 5.85. The third-order valence-electron chi connectivity index (χ3n) is 3.24. The predicted molar refractivity (Wildman–Crippen MR) is 74.8 cm³/mol. The molecule has 2 N–H and O–H groups in total. The summed E-state index contributed by atoms with van der Waals surface area (Å²) >= 11 is 5.47. The Morgan fingerprint density at radius 3 is 2.56 bits per heavy atom. The van der Waals surface area contributed by atoms with E-state index in [-0.39, 0.29) is 0 Å². The molecule has 0 radical (unpaired) electrons. The molecule has 0 aliphatic heterocycles. The van der Waals surface area contributed by atoms with Gasteiger partial charge in [-0.3, -0.25) is 0 Å². The van der Waals surface area contributed by atoms with Gasteiger partial charge in [0, 0.05) is 14.6 Å². The number of hydrogen-bond acceptors (Lipinski definition) is 2. The lowest BCUT2D eigenvalue weighted by atomic mass is 9.89. The van der Waals surface area contributed by atoms with Crippen LogP contribution in [0.3, 0.4) is 0 Å². The topological polar surface area (TPSA) is 26.0 Å². The second kappa shape index (κ2) is 6.08. The molecule has 2 atom stereocenters. The molecule has 88 valence electrons. The highest BCUT2D eigenvalue weighted by atomic mass is 79.9. The number of halogens is 1. The SMILES string of the molecule is NCC1CCCCC1Sc1ccc(Br)cc1. The zero-order valence-electron chi connectivity index (χ0n) is 9.36. The smallest absolute Gasteiger partial charge is 0.0176 e. The molecule has 1 aliphatic carbocycles. The van der Waals surface area contributed by atoms with E-state index >= 15 is 0 Å². The third-order valence-corrected chi connectivity index (χ3v) is 5.24. The summed E-state index contributed by atoms with van der Waals surface area (Å²) in [5, 5.41) is 0.722. The van der Waals surface area contributed by atoms with E-state index in [0.717, 1.165) is 16.3 Å². The Bertz CT molecular complexity index is 325. The van der Waals surface area contributed by atoms with Gasteiger partial charge in [0.25, 0.3) is 0 Å². The van der Waals surface area contributed by atoms with Crippen molar-refractivity contribution in [1.82, 2.24) is 0 Å². The normalized spacial score (nSPS) is 25.6. The van der Waals surface area contributed by atoms with Crippen LogP contribution in [0, 0.1) is 5.92 Å². The van der Waals surface area contributed by atoms with E-state index < -0.39 is 0 Å². The number of thioether (sulfide) groups is 1. The fourth-order valence-electron chi connectivity index (χ4n) is 2.29. The van der Waals surface area contributed by atoms with Crippen molar-refractivity contribution >= 4 is 27.7 Å². The van der Waals surface area contributed by atoms with Gasteiger partial charge in [-0.15, -0.1) is 11.8 Å². The van der Waals surface area contributed by atoms with Crippen molar-refractivity contribution in [1.29, 1.82) is 0 Å². The second-order valence-corrected chi connectivity index (χ2v) is 6.62. The summed E-state index contributed by atoms with van der Waals surface area (Å²) in [5.41, 5.74) is 5.85. The van der Waals surface area contributed by atoms with E-state index in [9.17, 15) is 0 Å². The van der Waals surface area contributed by atoms with Gasteiger partial charge in [-0.1, -0.05) is 28.8 Å². The molecule has 1 aromatic rings. The second-order valence-electron chi connectivity index (χ2n) is 4.39. The lowest BCUT2D eigenvalue weighted by Gasteiger charge is -2.30. The number of benzene rings is 1. The largest absolute Gasteiger partial charge is 0.330 e. The van der Waals surface area contributed by atoms with Gasteiger partial charge < -0.3 is 5.73 Å². The first kappa shape index (κ1) is 12.5. The Labute approximate surface area is 110 Å². The molecule has 0 saturated heterocycles. The van der Waals surface area contributed by atoms with Crippen molar-refractivity contribution in [2.75, 3.05) is 6.54 Å². The summed E-state index contributed by atoms with van der Waals surface area (Å²) in [7, 11) is 0. The first-order chi connectivity index (χ1) is 7.79. The molecule has 0 spiro atoms. The maximum atomic E-state index is 5.85. The van der Waals surface area contributed by atoms with Crippen molar-refractivity contribution in [2.45, 2.75) is 35.8 Å². The molecule has 1 nitrogen and oxygen atoms in total. The Kier molecular flexibility index (Phi) is 4.74. The van der Waals surface area contributed by atoms with Gasteiger partial charge >= 0.3 is 0 Å². The van der Waals surface area contributed by atoms with Crippen molar-refractivity contribution in [3.63, 3.8) is 0 Å². The van der Waals surface area contributed by atoms with Crippen molar-refractivity contribution in [3.05, 3.63) is 28.7 Å². The fraction of sp³-hybridized carbons (Fsp3) is 0.538. The van der Waals surface area contributed by atoms with Crippen molar-refractivity contribution < 1.29 is 0 Å². The van der Waals surface area contributed by atoms with Crippen molar-refractivity contribution in [3.8, 4) is 0 Å². The van der Waals surface area contributed by atoms with Crippen LogP contribution in [-0.4, -0.2) is 11.8 Å². The van der Waals surface area contributed by atoms with E-state index in [2.05, 4.69) is 40.2 Å². The molecular formula is C13H18BrNS. The first-order valence-corrected chi connectivity index (χ1v) is 7.59. The number of hydrogen-bond donors (Lipinski definition) is 1. The van der Waals surface area contributed by atoms with Gasteiger partial charge in [0.2, 0.25) is 0 Å². The average molecular weight is 300 g/mol. The third kappa shape index (κ3) is 3.25. The summed E-state index contributed by atoms with van der Waals surface area (Å²) in [5.74, 6) is 0.711. The Balaban J connectivity index is 1.99. The highest BCUT2D eigenvalue weighted by Crippen LogP contribution is 2.37. The minimum Gasteiger partial charge on any atom is -0.330 e. The molecule has 1 fully saturated rings. The number of nitrogens with two attached hydrogens (primary N) is 1. The fourth-order valence-corrected chi connectivity index (χ4v) is 3.92. The summed E-state index contributed by atoms with van der Waals surface area (Å²) in [4.78, 5) is 1.37. The van der Waals surface area contributed by atoms with Crippen LogP contribution in [0.2, 0.25) is 0 Å². The summed E-state index contributed by atoms with van der Waals surface area (Å²) in [6.07, 6.45) is 5.36. The van der Waals surface area contributed by atoms with Crippen LogP contribution < -0.4 is 5.73 Å². The zero-order chi connectivity index (χ0) is 11.4. The van der Waals surface area contributed by atoms with Gasteiger partial charge in [-0.05, 0) is 49.6 Å². The quantitative estimate of drug-likeness (QED) is 0.911. The molecule has 2 unspecified atom stereocenters. The molecule has 2 rings (SSSR count). The standard InChI is InChI=1S/C13H18BrNS/c14-11-5-7-12(8-6-11)16-13-4-2-1-3-10(13)9-15/h5-8,10,13H,1-4,9,15H2. The van der Waals surface area contributed by atoms with Crippen LogP contribution >= 0.6 is 27.7 Å². The summed E-state index contributed by atoms with van der Waals surface area (Å²) in [6, 6.07) is 8.61. The van der Waals surface area contributed by atoms with Crippen LogP contribution in [0.5, 0.6) is 0 Å².